The summed E-state index contributed by atoms with van der Waals surface area (Å²) in [7, 11) is 0. The number of alkyl halides is 3. The van der Waals surface area contributed by atoms with Crippen molar-refractivity contribution in [2.45, 2.75) is 13.1 Å². The van der Waals surface area contributed by atoms with Crippen molar-refractivity contribution in [3.63, 3.8) is 0 Å². The first kappa shape index (κ1) is 9.75. The van der Waals surface area contributed by atoms with Crippen molar-refractivity contribution < 1.29 is 13.2 Å². The lowest BCUT2D eigenvalue weighted by Gasteiger charge is -2.08. The maximum absolute atomic E-state index is 12.6. The molecule has 80 valence electrons. The molecule has 0 aliphatic rings. The number of halogens is 3. The molecule has 2 aromatic heterocycles. The van der Waals surface area contributed by atoms with Crippen LogP contribution in [0.4, 0.5) is 19.0 Å². The molecule has 0 saturated carbocycles. The molecular formula is C8H7F3N4. The molecule has 0 fully saturated rings. The van der Waals surface area contributed by atoms with Crippen molar-refractivity contribution in [1.82, 2.24) is 14.6 Å². The van der Waals surface area contributed by atoms with Crippen LogP contribution in [0.2, 0.25) is 0 Å². The molecule has 0 spiro atoms. The summed E-state index contributed by atoms with van der Waals surface area (Å²) in [5.41, 5.74) is 4.91. The molecule has 15 heavy (non-hydrogen) atoms. The molecule has 0 radical (unpaired) electrons. The van der Waals surface area contributed by atoms with E-state index in [1.54, 1.807) is 6.92 Å². The average Bonchev–Trinajstić information content (AvgIpc) is 2.41. The predicted molar refractivity (Wildman–Crippen MR) is 47.1 cm³/mol. The van der Waals surface area contributed by atoms with Crippen molar-refractivity contribution in [2.75, 3.05) is 5.73 Å². The van der Waals surface area contributed by atoms with Gasteiger partial charge in [0.05, 0.1) is 5.69 Å². The summed E-state index contributed by atoms with van der Waals surface area (Å²) >= 11 is 0. The second kappa shape index (κ2) is 2.85. The molecule has 2 rings (SSSR count). The Bertz CT molecular complexity index is 514. The largest absolute Gasteiger partial charge is 0.433 e. The molecule has 2 aromatic rings. The average molecular weight is 216 g/mol. The minimum Gasteiger partial charge on any atom is -0.384 e. The van der Waals surface area contributed by atoms with Gasteiger partial charge in [-0.1, -0.05) is 0 Å². The van der Waals surface area contributed by atoms with Crippen LogP contribution in [-0.2, 0) is 6.18 Å². The van der Waals surface area contributed by atoms with E-state index in [1.165, 1.54) is 6.07 Å². The van der Waals surface area contributed by atoms with E-state index in [0.29, 0.717) is 5.69 Å². The second-order valence-electron chi connectivity index (χ2n) is 3.12. The van der Waals surface area contributed by atoms with Gasteiger partial charge in [-0.25, -0.2) is 9.50 Å². The van der Waals surface area contributed by atoms with Crippen LogP contribution in [0, 0.1) is 6.92 Å². The molecule has 0 bridgehead atoms. The van der Waals surface area contributed by atoms with Gasteiger partial charge in [0.2, 0.25) is 0 Å². The van der Waals surface area contributed by atoms with Gasteiger partial charge in [0, 0.05) is 12.1 Å². The monoisotopic (exact) mass is 216 g/mol. The molecular weight excluding hydrogens is 209 g/mol. The zero-order valence-corrected chi connectivity index (χ0v) is 7.71. The summed E-state index contributed by atoms with van der Waals surface area (Å²) in [6.07, 6.45) is -4.49. The third-order valence-corrected chi connectivity index (χ3v) is 1.86. The first-order valence-electron chi connectivity index (χ1n) is 4.08. The van der Waals surface area contributed by atoms with Crippen LogP contribution in [0.1, 0.15) is 11.4 Å². The number of aryl methyl sites for hydroxylation is 1. The molecule has 0 aliphatic carbocycles. The summed E-state index contributed by atoms with van der Waals surface area (Å²) < 4.78 is 38.4. The molecule has 0 aliphatic heterocycles. The van der Waals surface area contributed by atoms with Gasteiger partial charge in [-0.05, 0) is 6.92 Å². The van der Waals surface area contributed by atoms with Crippen LogP contribution in [-0.4, -0.2) is 14.6 Å². The fourth-order valence-corrected chi connectivity index (χ4v) is 1.31. The third-order valence-electron chi connectivity index (χ3n) is 1.86. The number of aromatic nitrogens is 3. The minimum absolute atomic E-state index is 0.0971. The lowest BCUT2D eigenvalue weighted by molar-refractivity contribution is -0.142. The van der Waals surface area contributed by atoms with E-state index in [0.717, 1.165) is 10.6 Å². The quantitative estimate of drug-likeness (QED) is 0.728. The SMILES string of the molecule is Cc1cc2nc(N)cc(C(F)(F)F)n2n1. The van der Waals surface area contributed by atoms with Crippen molar-refractivity contribution in [3.05, 3.63) is 23.5 Å². The number of rotatable bonds is 0. The normalized spacial score (nSPS) is 12.3. The number of hydrogen-bond acceptors (Lipinski definition) is 3. The van der Waals surface area contributed by atoms with E-state index in [1.807, 2.05) is 0 Å². The lowest BCUT2D eigenvalue weighted by Crippen LogP contribution is -2.14. The second-order valence-corrected chi connectivity index (χ2v) is 3.12. The highest BCUT2D eigenvalue weighted by atomic mass is 19.4. The number of fused-ring (bicyclic) bond motifs is 1. The van der Waals surface area contributed by atoms with Crippen molar-refractivity contribution in [2.24, 2.45) is 0 Å². The smallest absolute Gasteiger partial charge is 0.384 e. The van der Waals surface area contributed by atoms with Crippen molar-refractivity contribution >= 4 is 11.5 Å². The Morgan fingerprint density at radius 3 is 2.60 bits per heavy atom. The van der Waals surface area contributed by atoms with Gasteiger partial charge in [-0.2, -0.15) is 18.3 Å². The Labute approximate surface area is 82.5 Å². The predicted octanol–water partition coefficient (Wildman–Crippen LogP) is 1.64. The van der Waals surface area contributed by atoms with Crippen molar-refractivity contribution in [1.29, 1.82) is 0 Å². The summed E-state index contributed by atoms with van der Waals surface area (Å²) in [5.74, 6) is -0.172. The van der Waals surface area contributed by atoms with E-state index in [9.17, 15) is 13.2 Å². The first-order chi connectivity index (χ1) is 6.88. The highest BCUT2D eigenvalue weighted by Gasteiger charge is 2.34. The summed E-state index contributed by atoms with van der Waals surface area (Å²) in [6.45, 7) is 1.59. The number of anilines is 1. The Morgan fingerprint density at radius 2 is 2.00 bits per heavy atom. The maximum Gasteiger partial charge on any atom is 0.433 e. The minimum atomic E-state index is -4.49. The van der Waals surface area contributed by atoms with Gasteiger partial charge in [-0.15, -0.1) is 0 Å². The van der Waals surface area contributed by atoms with Crippen LogP contribution in [0.3, 0.4) is 0 Å². The number of hydrogen-bond donors (Lipinski definition) is 1. The Kier molecular flexibility index (Phi) is 1.85. The standard InChI is InChI=1S/C8H7F3N4/c1-4-2-7-13-6(12)3-5(8(9,10)11)15(7)14-4/h2-3H,1H3,(H2,12,13). The van der Waals surface area contributed by atoms with Crippen LogP contribution < -0.4 is 5.73 Å². The molecule has 0 atom stereocenters. The molecule has 4 nitrogen and oxygen atoms in total. The van der Waals surface area contributed by atoms with E-state index >= 15 is 0 Å². The van der Waals surface area contributed by atoms with Gasteiger partial charge in [0.1, 0.15) is 5.82 Å². The molecule has 0 unspecified atom stereocenters. The van der Waals surface area contributed by atoms with Gasteiger partial charge in [-0.3, -0.25) is 0 Å². The molecule has 0 amide bonds. The van der Waals surface area contributed by atoms with Gasteiger partial charge in [0.25, 0.3) is 0 Å². The van der Waals surface area contributed by atoms with Crippen molar-refractivity contribution in [3.8, 4) is 0 Å². The van der Waals surface area contributed by atoms with Crippen LogP contribution >= 0.6 is 0 Å². The Morgan fingerprint density at radius 1 is 1.33 bits per heavy atom. The summed E-state index contributed by atoms with van der Waals surface area (Å²) in [6, 6.07) is 2.20. The molecule has 2 heterocycles. The van der Waals surface area contributed by atoms with Gasteiger partial charge < -0.3 is 5.73 Å². The van der Waals surface area contributed by atoms with E-state index in [2.05, 4.69) is 10.1 Å². The zero-order chi connectivity index (χ0) is 11.2. The Hall–Kier alpha value is -1.79. The van der Waals surface area contributed by atoms with E-state index < -0.39 is 11.9 Å². The highest BCUT2D eigenvalue weighted by molar-refractivity contribution is 5.47. The first-order valence-corrected chi connectivity index (χ1v) is 4.08. The summed E-state index contributed by atoms with van der Waals surface area (Å²) in [5, 5.41) is 3.70. The Balaban J connectivity index is 2.82. The van der Waals surface area contributed by atoms with Crippen LogP contribution in [0.5, 0.6) is 0 Å². The molecule has 0 aromatic carbocycles. The fourth-order valence-electron chi connectivity index (χ4n) is 1.31. The topological polar surface area (TPSA) is 56.2 Å². The van der Waals surface area contributed by atoms with Gasteiger partial charge >= 0.3 is 6.18 Å². The molecule has 0 saturated heterocycles. The number of nitrogen functional groups attached to an aromatic ring is 1. The number of nitrogens with zero attached hydrogens (tertiary/aromatic N) is 3. The summed E-state index contributed by atoms with van der Waals surface area (Å²) in [4.78, 5) is 3.75. The van der Waals surface area contributed by atoms with Crippen LogP contribution in [0.25, 0.3) is 5.65 Å². The molecule has 7 heteroatoms. The molecule has 2 N–H and O–H groups in total. The maximum atomic E-state index is 12.6. The van der Waals surface area contributed by atoms with Crippen LogP contribution in [0.15, 0.2) is 12.1 Å². The third kappa shape index (κ3) is 1.60. The number of nitrogens with two attached hydrogens (primary N) is 1. The fraction of sp³-hybridized carbons (Fsp3) is 0.250. The van der Waals surface area contributed by atoms with Gasteiger partial charge in [0.15, 0.2) is 11.3 Å². The zero-order valence-electron chi connectivity index (χ0n) is 7.71. The highest BCUT2D eigenvalue weighted by Crippen LogP contribution is 2.30. The van der Waals surface area contributed by atoms with E-state index in [-0.39, 0.29) is 11.5 Å². The van der Waals surface area contributed by atoms with E-state index in [4.69, 9.17) is 5.73 Å². The lowest BCUT2D eigenvalue weighted by atomic mass is 10.3.